The normalized spacial score (nSPS) is 26.1. The molecule has 8 rings (SSSR count). The lowest BCUT2D eigenvalue weighted by atomic mass is 9.71. The monoisotopic (exact) mass is 661 g/mol. The average Bonchev–Trinajstić information content (AvgIpc) is 3.81. The molecule has 4 heterocycles. The molecule has 4 aromatic rings. The molecule has 49 heavy (non-hydrogen) atoms. The Hall–Kier alpha value is -4.60. The Morgan fingerprint density at radius 2 is 1.73 bits per heavy atom. The number of hydrogen-bond donors (Lipinski definition) is 1. The molecule has 0 unspecified atom stereocenters. The van der Waals surface area contributed by atoms with Crippen LogP contribution in [0.5, 0.6) is 0 Å². The van der Waals surface area contributed by atoms with E-state index in [1.54, 1.807) is 14.7 Å². The van der Waals surface area contributed by atoms with Gasteiger partial charge in [-0.2, -0.15) is 0 Å². The number of carbonyl (C=O) groups excluding carboxylic acids is 3. The molecular formula is C40H40FN3O5. The Bertz CT molecular complexity index is 2000. The zero-order chi connectivity index (χ0) is 34.2. The number of nitrogens with zero attached hydrogens (tertiary/aromatic N) is 3. The van der Waals surface area contributed by atoms with E-state index in [0.29, 0.717) is 29.0 Å². The number of fused-ring (bicyclic) bond motifs is 2. The number of aliphatic hydroxyl groups excluding tert-OH is 1. The van der Waals surface area contributed by atoms with Crippen LogP contribution in [-0.2, 0) is 26.5 Å². The maximum Gasteiger partial charge on any atom is 0.264 e. The smallest absolute Gasteiger partial charge is 0.264 e. The summed E-state index contributed by atoms with van der Waals surface area (Å²) < 4.78 is 22.9. The van der Waals surface area contributed by atoms with Gasteiger partial charge in [-0.05, 0) is 68.0 Å². The molecule has 0 aliphatic carbocycles. The van der Waals surface area contributed by atoms with Crippen LogP contribution in [0.15, 0.2) is 84.9 Å². The van der Waals surface area contributed by atoms with Gasteiger partial charge >= 0.3 is 0 Å². The minimum absolute atomic E-state index is 0.0723. The molecule has 8 nitrogen and oxygen atoms in total. The van der Waals surface area contributed by atoms with Crippen LogP contribution in [0.4, 0.5) is 21.5 Å². The van der Waals surface area contributed by atoms with Crippen molar-refractivity contribution in [2.24, 2.45) is 11.8 Å². The van der Waals surface area contributed by atoms with Gasteiger partial charge in [0.15, 0.2) is 5.60 Å². The van der Waals surface area contributed by atoms with E-state index in [2.05, 4.69) is 0 Å². The fraction of sp³-hybridized carbons (Fsp3) is 0.375. The van der Waals surface area contributed by atoms with Gasteiger partial charge in [0.25, 0.3) is 11.8 Å². The van der Waals surface area contributed by atoms with Gasteiger partial charge in [0, 0.05) is 35.0 Å². The number of anilines is 3. The summed E-state index contributed by atoms with van der Waals surface area (Å²) in [5.41, 5.74) is 1.13. The first-order valence-corrected chi connectivity index (χ1v) is 17.2. The number of likely N-dealkylation sites (tertiary alicyclic amines) is 1. The van der Waals surface area contributed by atoms with Crippen molar-refractivity contribution in [1.82, 2.24) is 4.90 Å². The number of para-hydroxylation sites is 1. The van der Waals surface area contributed by atoms with Gasteiger partial charge in [0.1, 0.15) is 5.67 Å². The van der Waals surface area contributed by atoms with Crippen LogP contribution in [0.1, 0.15) is 61.5 Å². The lowest BCUT2D eigenvalue weighted by Gasteiger charge is -2.33. The maximum absolute atomic E-state index is 16.2. The number of amides is 3. The summed E-state index contributed by atoms with van der Waals surface area (Å²) in [5, 5.41) is 11.8. The molecule has 0 radical (unpaired) electrons. The number of ether oxygens (including phenoxy) is 1. The van der Waals surface area contributed by atoms with E-state index >= 15 is 4.39 Å². The predicted octanol–water partition coefficient (Wildman–Crippen LogP) is 6.65. The second kappa shape index (κ2) is 11.5. The topological polar surface area (TPSA) is 90.4 Å². The Labute approximate surface area is 285 Å². The lowest BCUT2D eigenvalue weighted by Crippen LogP contribution is -2.45. The molecule has 1 N–H and O–H groups in total. The van der Waals surface area contributed by atoms with E-state index in [1.165, 1.54) is 13.8 Å². The minimum atomic E-state index is -1.74. The van der Waals surface area contributed by atoms with E-state index in [4.69, 9.17) is 4.74 Å². The number of rotatable bonds is 7. The van der Waals surface area contributed by atoms with Crippen molar-refractivity contribution >= 4 is 45.6 Å². The first kappa shape index (κ1) is 31.7. The van der Waals surface area contributed by atoms with Gasteiger partial charge in [-0.1, -0.05) is 61.5 Å². The highest BCUT2D eigenvalue weighted by atomic mass is 19.1. The summed E-state index contributed by atoms with van der Waals surface area (Å²) in [5.74, 6) is -1.90. The first-order valence-electron chi connectivity index (χ1n) is 17.2. The van der Waals surface area contributed by atoms with Crippen LogP contribution in [-0.4, -0.2) is 58.7 Å². The molecule has 2 fully saturated rings. The van der Waals surface area contributed by atoms with Gasteiger partial charge < -0.3 is 19.6 Å². The van der Waals surface area contributed by atoms with Crippen molar-refractivity contribution in [1.29, 1.82) is 0 Å². The quantitative estimate of drug-likeness (QED) is 0.240. The fourth-order valence-electron chi connectivity index (χ4n) is 9.15. The van der Waals surface area contributed by atoms with Gasteiger partial charge in [0.2, 0.25) is 5.91 Å². The number of benzene rings is 4. The summed E-state index contributed by atoms with van der Waals surface area (Å²) in [6.07, 6.45) is 0.616. The molecule has 252 valence electrons. The number of aliphatic hydroxyl groups is 1. The van der Waals surface area contributed by atoms with E-state index < -0.39 is 29.2 Å². The molecule has 4 aromatic carbocycles. The van der Waals surface area contributed by atoms with Crippen molar-refractivity contribution < 1.29 is 28.6 Å². The number of hydrogen-bond acceptors (Lipinski definition) is 5. The zero-order valence-corrected chi connectivity index (χ0v) is 27.9. The molecule has 4 aliphatic heterocycles. The van der Waals surface area contributed by atoms with Crippen LogP contribution in [0.25, 0.3) is 10.8 Å². The summed E-state index contributed by atoms with van der Waals surface area (Å²) in [6, 6.07) is 26.5. The highest BCUT2D eigenvalue weighted by Crippen LogP contribution is 2.58. The summed E-state index contributed by atoms with van der Waals surface area (Å²) in [4.78, 5) is 47.1. The molecule has 9 heteroatoms. The number of alkyl halides is 1. The van der Waals surface area contributed by atoms with E-state index in [9.17, 15) is 19.5 Å². The van der Waals surface area contributed by atoms with Gasteiger partial charge in [-0.3, -0.25) is 19.3 Å². The third kappa shape index (κ3) is 4.73. The summed E-state index contributed by atoms with van der Waals surface area (Å²) >= 11 is 0. The highest BCUT2D eigenvalue weighted by molar-refractivity contribution is 6.27. The lowest BCUT2D eigenvalue weighted by molar-refractivity contribution is -0.150. The van der Waals surface area contributed by atoms with Crippen LogP contribution in [0.3, 0.4) is 0 Å². The molecule has 5 atom stereocenters. The summed E-state index contributed by atoms with van der Waals surface area (Å²) in [7, 11) is 0. The molecule has 2 saturated heterocycles. The fourth-order valence-corrected chi connectivity index (χ4v) is 9.15. The first-order chi connectivity index (χ1) is 23.5. The zero-order valence-electron chi connectivity index (χ0n) is 27.9. The Balaban J connectivity index is 1.12. The van der Waals surface area contributed by atoms with Gasteiger partial charge in [-0.25, -0.2) is 4.39 Å². The van der Waals surface area contributed by atoms with E-state index in [0.717, 1.165) is 34.9 Å². The van der Waals surface area contributed by atoms with E-state index in [1.807, 2.05) is 91.9 Å². The molecule has 3 amide bonds. The second-order valence-electron chi connectivity index (χ2n) is 14.4. The standard InChI is InChI=1S/C40H40FN3O5/c1-24-36(39(2,3)41)33(21-34(46)42-19-9-14-28(42)23-45)49-40(24)30-16-4-5-17-31(30)43(38(40)48)22-25-10-6-13-27(20-25)44-32-18-8-12-26-11-7-15-29(35(26)32)37(44)47/h4-8,10-13,15-18,20,24,28,33,36,45H,9,14,19,21-23H2,1-3H3/t24-,28+,33+,36-,40+/m1/s1. The number of halogens is 1. The van der Waals surface area contributed by atoms with Crippen molar-refractivity contribution in [2.45, 2.75) is 70.0 Å². The SMILES string of the molecule is C[C@@H]1[C@@H](C(C)(C)F)[C@H](CC(=O)N2CCC[C@H]2CO)O[C@@]12C(=O)N(Cc1cccc(N3C(=O)c4cccc5cccc3c45)c1)c1ccccc12. The van der Waals surface area contributed by atoms with Gasteiger partial charge in [0.05, 0.1) is 48.7 Å². The second-order valence-corrected chi connectivity index (χ2v) is 14.4. The van der Waals surface area contributed by atoms with Crippen LogP contribution in [0.2, 0.25) is 0 Å². The Kier molecular flexibility index (Phi) is 7.42. The highest BCUT2D eigenvalue weighted by Gasteiger charge is 2.66. The van der Waals surface area contributed by atoms with Gasteiger partial charge in [-0.15, -0.1) is 0 Å². The van der Waals surface area contributed by atoms with Crippen molar-refractivity contribution in [3.05, 3.63) is 102 Å². The molecule has 1 spiro atoms. The minimum Gasteiger partial charge on any atom is -0.394 e. The Morgan fingerprint density at radius 1 is 1.00 bits per heavy atom. The van der Waals surface area contributed by atoms with Crippen molar-refractivity contribution in [3.63, 3.8) is 0 Å². The Morgan fingerprint density at radius 3 is 2.51 bits per heavy atom. The summed E-state index contributed by atoms with van der Waals surface area (Å²) in [6.45, 7) is 5.48. The van der Waals surface area contributed by atoms with Crippen LogP contribution < -0.4 is 9.80 Å². The maximum atomic E-state index is 16.2. The van der Waals surface area contributed by atoms with Crippen LogP contribution >= 0.6 is 0 Å². The third-order valence-electron chi connectivity index (χ3n) is 11.2. The molecule has 0 saturated carbocycles. The molecule has 4 aliphatic rings. The molecule has 0 bridgehead atoms. The average molecular weight is 662 g/mol. The number of carbonyl (C=O) groups is 3. The molecular weight excluding hydrogens is 621 g/mol. The van der Waals surface area contributed by atoms with Crippen molar-refractivity contribution in [3.8, 4) is 0 Å². The molecule has 0 aromatic heterocycles. The van der Waals surface area contributed by atoms with Crippen LogP contribution in [0, 0.1) is 11.8 Å². The largest absolute Gasteiger partial charge is 0.394 e. The third-order valence-corrected chi connectivity index (χ3v) is 11.2. The van der Waals surface area contributed by atoms with Crippen molar-refractivity contribution in [2.75, 3.05) is 23.0 Å². The predicted molar refractivity (Wildman–Crippen MR) is 185 cm³/mol. The van der Waals surface area contributed by atoms with E-state index in [-0.39, 0.29) is 43.3 Å².